The molecule has 4 rings (SSSR count). The molecule has 0 spiro atoms. The van der Waals surface area contributed by atoms with Crippen molar-refractivity contribution in [1.82, 2.24) is 0 Å². The zero-order chi connectivity index (χ0) is 16.5. The Morgan fingerprint density at radius 2 is 0.875 bits per heavy atom. The first-order valence-corrected chi connectivity index (χ1v) is 8.39. The van der Waals surface area contributed by atoms with Gasteiger partial charge in [0.25, 0.3) is 0 Å². The van der Waals surface area contributed by atoms with E-state index in [0.717, 1.165) is 0 Å². The summed E-state index contributed by atoms with van der Waals surface area (Å²) < 4.78 is 0. The van der Waals surface area contributed by atoms with E-state index in [-0.39, 0.29) is 0 Å². The molecular weight excluding hydrogens is 288 g/mol. The third kappa shape index (κ3) is 2.41. The maximum atomic E-state index is 2.24. The second-order valence-electron chi connectivity index (χ2n) is 6.30. The van der Waals surface area contributed by atoms with E-state index in [0.29, 0.717) is 0 Å². The summed E-state index contributed by atoms with van der Waals surface area (Å²) in [5.41, 5.74) is 10.6. The Morgan fingerprint density at radius 1 is 0.458 bits per heavy atom. The van der Waals surface area contributed by atoms with Crippen LogP contribution in [-0.4, -0.2) is 0 Å². The van der Waals surface area contributed by atoms with E-state index in [4.69, 9.17) is 0 Å². The van der Waals surface area contributed by atoms with Gasteiger partial charge in [-0.25, -0.2) is 0 Å². The van der Waals surface area contributed by atoms with Crippen molar-refractivity contribution in [3.05, 3.63) is 96.1 Å². The molecule has 0 unspecified atom stereocenters. The normalized spacial score (nSPS) is 12.4. The monoisotopic (exact) mass is 308 g/mol. The van der Waals surface area contributed by atoms with Gasteiger partial charge in [-0.2, -0.15) is 0 Å². The van der Waals surface area contributed by atoms with Crippen molar-refractivity contribution in [3.63, 3.8) is 0 Å². The van der Waals surface area contributed by atoms with E-state index in [9.17, 15) is 0 Å². The Labute approximate surface area is 143 Å². The Balaban J connectivity index is 1.87. The molecule has 4 aliphatic rings. The van der Waals surface area contributed by atoms with Crippen molar-refractivity contribution in [3.8, 4) is 22.3 Å². The van der Waals surface area contributed by atoms with Gasteiger partial charge >= 0.3 is 0 Å². The summed E-state index contributed by atoms with van der Waals surface area (Å²) in [6.07, 6.45) is 0. The van der Waals surface area contributed by atoms with Gasteiger partial charge in [0.05, 0.1) is 0 Å². The maximum Gasteiger partial charge on any atom is -0.0109 e. The highest BCUT2D eigenvalue weighted by molar-refractivity contribution is 5.98. The van der Waals surface area contributed by atoms with E-state index < -0.39 is 0 Å². The number of hydrogen-bond donors (Lipinski definition) is 0. The molecule has 0 bridgehead atoms. The Kier molecular flexibility index (Phi) is 3.66. The molecule has 0 heteroatoms. The van der Waals surface area contributed by atoms with Gasteiger partial charge in [-0.1, -0.05) is 84.9 Å². The lowest BCUT2D eigenvalue weighted by atomic mass is 9.94. The fourth-order valence-corrected chi connectivity index (χ4v) is 3.49. The van der Waals surface area contributed by atoms with Crippen LogP contribution in [-0.2, 0) is 0 Å². The molecule has 0 saturated heterocycles. The highest BCUT2D eigenvalue weighted by atomic mass is 14.2. The summed E-state index contributed by atoms with van der Waals surface area (Å²) in [7, 11) is 0. The zero-order valence-corrected chi connectivity index (χ0v) is 14.1. The zero-order valence-electron chi connectivity index (χ0n) is 14.1. The first-order valence-electron chi connectivity index (χ1n) is 8.39. The summed E-state index contributed by atoms with van der Waals surface area (Å²) in [5.74, 6) is 0. The van der Waals surface area contributed by atoms with E-state index in [1.54, 1.807) is 0 Å². The van der Waals surface area contributed by atoms with Crippen molar-refractivity contribution in [2.45, 2.75) is 13.8 Å². The summed E-state index contributed by atoms with van der Waals surface area (Å²) >= 11 is 0. The van der Waals surface area contributed by atoms with Crippen LogP contribution in [0.15, 0.2) is 84.9 Å². The lowest BCUT2D eigenvalue weighted by Crippen LogP contribution is -1.86. The summed E-state index contributed by atoms with van der Waals surface area (Å²) in [5, 5.41) is 0. The molecule has 0 heterocycles. The van der Waals surface area contributed by atoms with Crippen LogP contribution in [0, 0.1) is 0 Å². The average molecular weight is 308 g/mol. The molecule has 116 valence electrons. The van der Waals surface area contributed by atoms with Gasteiger partial charge < -0.3 is 0 Å². The quantitative estimate of drug-likeness (QED) is 0.380. The van der Waals surface area contributed by atoms with E-state index in [1.165, 1.54) is 44.5 Å². The number of rotatable bonds is 2. The van der Waals surface area contributed by atoms with Crippen LogP contribution in [0.3, 0.4) is 0 Å². The van der Waals surface area contributed by atoms with Crippen LogP contribution in [0.4, 0.5) is 0 Å². The summed E-state index contributed by atoms with van der Waals surface area (Å²) in [4.78, 5) is 0. The molecule has 0 aromatic rings. The average Bonchev–Trinajstić information content (AvgIpc) is 3.00. The molecule has 0 amide bonds. The van der Waals surface area contributed by atoms with Gasteiger partial charge in [0.2, 0.25) is 0 Å². The number of fused-ring (bicyclic) bond motifs is 2. The second kappa shape index (κ2) is 5.98. The maximum absolute atomic E-state index is 2.24. The van der Waals surface area contributed by atoms with Crippen LogP contribution in [0.2, 0.25) is 0 Å². The van der Waals surface area contributed by atoms with Crippen LogP contribution in [0.5, 0.6) is 0 Å². The summed E-state index contributed by atoms with van der Waals surface area (Å²) in [6, 6.07) is 30.3. The molecule has 0 fully saturated rings. The standard InChI is InChI=1S/C24H20/c1-17(21-15-13-19-9-5-3-7-11-23(19)21)18(2)22-16-14-20-10-6-4-8-12-24(20)22/h3-16H,1-2H3/b18-17-. The van der Waals surface area contributed by atoms with Gasteiger partial charge in [-0.05, 0) is 58.4 Å². The largest absolute Gasteiger partial charge is 0.0622 e. The molecule has 0 saturated carbocycles. The minimum absolute atomic E-state index is 1.29. The van der Waals surface area contributed by atoms with Crippen molar-refractivity contribution < 1.29 is 0 Å². The minimum Gasteiger partial charge on any atom is -0.0622 e. The topological polar surface area (TPSA) is 0 Å². The lowest BCUT2D eigenvalue weighted by molar-refractivity contribution is 1.57. The molecule has 0 N–H and O–H groups in total. The molecule has 0 aromatic carbocycles. The molecule has 0 aromatic heterocycles. The van der Waals surface area contributed by atoms with Gasteiger partial charge in [-0.3, -0.25) is 0 Å². The minimum atomic E-state index is 1.29. The predicted octanol–water partition coefficient (Wildman–Crippen LogP) is 6.85. The Hall–Kier alpha value is -2.86. The van der Waals surface area contributed by atoms with Crippen molar-refractivity contribution in [2.24, 2.45) is 0 Å². The molecule has 0 atom stereocenters. The molecule has 0 radical (unpaired) electrons. The van der Waals surface area contributed by atoms with E-state index in [2.05, 4.69) is 98.8 Å². The van der Waals surface area contributed by atoms with Crippen LogP contribution in [0.1, 0.15) is 25.0 Å². The van der Waals surface area contributed by atoms with Crippen molar-refractivity contribution in [2.75, 3.05) is 0 Å². The SMILES string of the molecule is C/C(=C(\C)c1ccc2cccccc1-2)c1ccc2cccccc1-2. The van der Waals surface area contributed by atoms with Crippen LogP contribution >= 0.6 is 0 Å². The third-order valence-corrected chi connectivity index (χ3v) is 4.95. The molecule has 0 aliphatic heterocycles. The Bertz CT molecular complexity index is 894. The first kappa shape index (κ1) is 14.7. The van der Waals surface area contributed by atoms with Crippen molar-refractivity contribution >= 4 is 11.1 Å². The fourth-order valence-electron chi connectivity index (χ4n) is 3.49. The molecule has 4 aliphatic carbocycles. The second-order valence-corrected chi connectivity index (χ2v) is 6.30. The highest BCUT2D eigenvalue weighted by Crippen LogP contribution is 2.39. The van der Waals surface area contributed by atoms with E-state index in [1.807, 2.05) is 0 Å². The van der Waals surface area contributed by atoms with Gasteiger partial charge in [0, 0.05) is 0 Å². The van der Waals surface area contributed by atoms with Gasteiger partial charge in [0.15, 0.2) is 0 Å². The van der Waals surface area contributed by atoms with Crippen molar-refractivity contribution in [1.29, 1.82) is 0 Å². The van der Waals surface area contributed by atoms with Crippen LogP contribution < -0.4 is 0 Å². The predicted molar refractivity (Wildman–Crippen MR) is 104 cm³/mol. The van der Waals surface area contributed by atoms with Gasteiger partial charge in [-0.15, -0.1) is 0 Å². The molecular formula is C24H20. The molecule has 24 heavy (non-hydrogen) atoms. The van der Waals surface area contributed by atoms with Crippen LogP contribution in [0.25, 0.3) is 33.4 Å². The lowest BCUT2D eigenvalue weighted by Gasteiger charge is -2.10. The number of hydrogen-bond acceptors (Lipinski definition) is 0. The Morgan fingerprint density at radius 3 is 1.33 bits per heavy atom. The number of allylic oxidation sites excluding steroid dienone is 2. The van der Waals surface area contributed by atoms with E-state index >= 15 is 0 Å². The van der Waals surface area contributed by atoms with Gasteiger partial charge in [0.1, 0.15) is 0 Å². The summed E-state index contributed by atoms with van der Waals surface area (Å²) in [6.45, 7) is 4.47. The highest BCUT2D eigenvalue weighted by Gasteiger charge is 2.15. The third-order valence-electron chi connectivity index (χ3n) is 4.95. The smallest absolute Gasteiger partial charge is 0.0109 e. The fraction of sp³-hybridized carbons (Fsp3) is 0.0833. The first-order chi connectivity index (χ1) is 11.8. The molecule has 0 nitrogen and oxygen atoms in total.